The summed E-state index contributed by atoms with van der Waals surface area (Å²) in [5.74, 6) is 0. The molecule has 1 aromatic heterocycles. The zero-order valence-corrected chi connectivity index (χ0v) is 34.8. The topological polar surface area (TPSA) is 20.6 Å². The zero-order valence-electron chi connectivity index (χ0n) is 34.8. The van der Waals surface area contributed by atoms with Crippen LogP contribution in [0.5, 0.6) is 0 Å². The number of benzene rings is 7. The van der Waals surface area contributed by atoms with Gasteiger partial charge in [0, 0.05) is 50.5 Å². The zero-order chi connectivity index (χ0) is 42.1. The second-order valence-corrected chi connectivity index (χ2v) is 14.9. The van der Waals surface area contributed by atoms with Gasteiger partial charge in [-0.3, -0.25) is 0 Å². The van der Waals surface area contributed by atoms with Gasteiger partial charge in [-0.15, -0.1) is 6.58 Å². The molecule has 0 spiro atoms. The fraction of sp³-hybridized carbons (Fsp3) is 0.0526. The number of ether oxygens (including phenoxy) is 1. The van der Waals surface area contributed by atoms with Crippen LogP contribution in [0.4, 0.5) is 28.4 Å². The number of hydrogen-bond acceptors (Lipinski definition) is 3. The van der Waals surface area contributed by atoms with Gasteiger partial charge in [-0.05, 0) is 127 Å². The number of para-hydroxylation sites is 4. The van der Waals surface area contributed by atoms with E-state index < -0.39 is 0 Å². The highest BCUT2D eigenvalue weighted by molar-refractivity contribution is 6.10. The first-order valence-electron chi connectivity index (χ1n) is 20.6. The SMILES string of the molecule is C=C1/C=C\C=C/OCc2cc(N(c3ccccc3)c3ccccc3)ccc2N(c2ccc(-c3ccc4c5ccccc5n(-c5ccccc5)c4c3)cc2)C(=C)/C=C/1C.C=CC. The molecular weight excluding hydrogens is 743 g/mol. The Morgan fingerprint density at radius 1 is 0.590 bits per heavy atom. The van der Waals surface area contributed by atoms with E-state index in [4.69, 9.17) is 4.74 Å². The molecule has 61 heavy (non-hydrogen) atoms. The van der Waals surface area contributed by atoms with Crippen LogP contribution in [0.15, 0.2) is 249 Å². The first-order chi connectivity index (χ1) is 29.9. The van der Waals surface area contributed by atoms with E-state index in [1.54, 1.807) is 12.3 Å². The van der Waals surface area contributed by atoms with Crippen LogP contribution < -0.4 is 9.80 Å². The highest BCUT2D eigenvalue weighted by Gasteiger charge is 2.21. The van der Waals surface area contributed by atoms with Crippen LogP contribution in [-0.2, 0) is 11.3 Å². The van der Waals surface area contributed by atoms with Crippen LogP contribution in [0.1, 0.15) is 19.4 Å². The summed E-state index contributed by atoms with van der Waals surface area (Å²) in [4.78, 5) is 4.50. The van der Waals surface area contributed by atoms with Crippen molar-refractivity contribution in [2.24, 2.45) is 0 Å². The third-order valence-electron chi connectivity index (χ3n) is 10.7. The second kappa shape index (κ2) is 18.4. The van der Waals surface area contributed by atoms with Gasteiger partial charge in [0.05, 0.1) is 23.0 Å². The molecule has 7 aromatic carbocycles. The Kier molecular flexibility index (Phi) is 12.1. The van der Waals surface area contributed by atoms with Crippen molar-refractivity contribution in [1.29, 1.82) is 0 Å². The van der Waals surface area contributed by atoms with Crippen molar-refractivity contribution >= 4 is 50.2 Å². The fourth-order valence-corrected chi connectivity index (χ4v) is 7.86. The third-order valence-corrected chi connectivity index (χ3v) is 10.7. The van der Waals surface area contributed by atoms with E-state index in [1.807, 2.05) is 37.3 Å². The van der Waals surface area contributed by atoms with E-state index in [1.165, 1.54) is 21.8 Å². The molecule has 0 bridgehead atoms. The summed E-state index contributed by atoms with van der Waals surface area (Å²) in [6.07, 6.45) is 11.5. The van der Waals surface area contributed by atoms with Gasteiger partial charge in [0.25, 0.3) is 0 Å². The lowest BCUT2D eigenvalue weighted by atomic mass is 10.0. The number of rotatable bonds is 6. The fourth-order valence-electron chi connectivity index (χ4n) is 7.86. The molecule has 298 valence electrons. The van der Waals surface area contributed by atoms with Crippen molar-refractivity contribution in [2.45, 2.75) is 20.5 Å². The van der Waals surface area contributed by atoms with Crippen LogP contribution in [0, 0.1) is 0 Å². The van der Waals surface area contributed by atoms with Crippen LogP contribution in [0.3, 0.4) is 0 Å². The summed E-state index contributed by atoms with van der Waals surface area (Å²) in [7, 11) is 0. The van der Waals surface area contributed by atoms with E-state index >= 15 is 0 Å². The molecule has 2 heterocycles. The molecule has 0 radical (unpaired) electrons. The highest BCUT2D eigenvalue weighted by atomic mass is 16.5. The number of hydrogen-bond donors (Lipinski definition) is 0. The first kappa shape index (κ1) is 40.0. The third kappa shape index (κ3) is 8.52. The minimum atomic E-state index is 0.353. The molecule has 0 saturated carbocycles. The number of allylic oxidation sites excluding steroid dienone is 7. The first-order valence-corrected chi connectivity index (χ1v) is 20.6. The largest absolute Gasteiger partial charge is 0.496 e. The Morgan fingerprint density at radius 3 is 1.89 bits per heavy atom. The number of anilines is 5. The lowest BCUT2D eigenvalue weighted by Gasteiger charge is -2.31. The van der Waals surface area contributed by atoms with Gasteiger partial charge in [0.15, 0.2) is 0 Å². The van der Waals surface area contributed by atoms with E-state index in [0.29, 0.717) is 6.61 Å². The van der Waals surface area contributed by atoms with E-state index in [-0.39, 0.29) is 0 Å². The lowest BCUT2D eigenvalue weighted by molar-refractivity contribution is 0.237. The van der Waals surface area contributed by atoms with Crippen molar-refractivity contribution in [3.8, 4) is 16.8 Å². The summed E-state index contributed by atoms with van der Waals surface area (Å²) in [5.41, 5.74) is 14.7. The van der Waals surface area contributed by atoms with Crippen LogP contribution in [0.2, 0.25) is 0 Å². The van der Waals surface area contributed by atoms with E-state index in [0.717, 1.165) is 67.7 Å². The Bertz CT molecular complexity index is 2880. The molecule has 0 saturated heterocycles. The Balaban J connectivity index is 0.00000166. The smallest absolute Gasteiger partial charge is 0.114 e. The molecule has 0 unspecified atom stereocenters. The van der Waals surface area contributed by atoms with Crippen molar-refractivity contribution in [3.63, 3.8) is 0 Å². The molecule has 8 aromatic rings. The maximum atomic E-state index is 6.22. The minimum absolute atomic E-state index is 0.353. The maximum Gasteiger partial charge on any atom is 0.114 e. The van der Waals surface area contributed by atoms with Gasteiger partial charge in [-0.25, -0.2) is 0 Å². The molecular formula is C57H49N3O. The van der Waals surface area contributed by atoms with Crippen molar-refractivity contribution in [3.05, 3.63) is 255 Å². The van der Waals surface area contributed by atoms with Crippen molar-refractivity contribution < 1.29 is 4.74 Å². The number of nitrogens with zero attached hydrogens (tertiary/aromatic N) is 3. The lowest BCUT2D eigenvalue weighted by Crippen LogP contribution is -2.18. The molecule has 1 aliphatic heterocycles. The minimum Gasteiger partial charge on any atom is -0.496 e. The van der Waals surface area contributed by atoms with Gasteiger partial charge >= 0.3 is 0 Å². The second-order valence-electron chi connectivity index (χ2n) is 14.9. The Labute approximate surface area is 359 Å². The molecule has 9 rings (SSSR count). The number of fused-ring (bicyclic) bond motifs is 4. The Morgan fingerprint density at radius 2 is 1.20 bits per heavy atom. The summed E-state index contributed by atoms with van der Waals surface area (Å²) in [6.45, 7) is 16.6. The van der Waals surface area contributed by atoms with Gasteiger partial charge in [0.2, 0.25) is 0 Å². The van der Waals surface area contributed by atoms with Gasteiger partial charge in [0.1, 0.15) is 6.61 Å². The predicted octanol–water partition coefficient (Wildman–Crippen LogP) is 15.9. The average Bonchev–Trinajstić information content (AvgIpc) is 3.63. The summed E-state index contributed by atoms with van der Waals surface area (Å²) >= 11 is 0. The quantitative estimate of drug-likeness (QED) is 0.157. The number of aromatic nitrogens is 1. The Hall–Kier alpha value is -7.82. The molecule has 4 heteroatoms. The van der Waals surface area contributed by atoms with Crippen molar-refractivity contribution in [2.75, 3.05) is 9.80 Å². The predicted molar refractivity (Wildman–Crippen MR) is 260 cm³/mol. The summed E-state index contributed by atoms with van der Waals surface area (Å²) in [6, 6.07) is 62.3. The summed E-state index contributed by atoms with van der Waals surface area (Å²) in [5, 5.41) is 2.47. The molecule has 0 N–H and O–H groups in total. The molecule has 0 atom stereocenters. The molecule has 4 nitrogen and oxygen atoms in total. The molecule has 0 aliphatic carbocycles. The highest BCUT2D eigenvalue weighted by Crippen LogP contribution is 2.41. The van der Waals surface area contributed by atoms with Crippen molar-refractivity contribution in [1.82, 2.24) is 4.57 Å². The normalized spacial score (nSPS) is 14.8. The standard InChI is InChI=1S/C54H43N3O.C3H6/c1-39-17-15-16-34-58-38-44-36-49(56(45-18-7-4-8-19-45)46-20-9-5-10-21-46)31-33-52(44)55(41(3)35-40(39)2)48-29-26-42(27-30-48)43-28-32-51-50-24-13-14-25-53(50)57(54(51)37-43)47-22-11-6-12-23-47;1-3-2/h4-37H,1,3,38H2,2H3;3H,1H2,2H3/b17-15-,34-16-,40-35+;. The van der Waals surface area contributed by atoms with Gasteiger partial charge in [-0.2, -0.15) is 0 Å². The summed E-state index contributed by atoms with van der Waals surface area (Å²) < 4.78 is 8.58. The molecule has 0 fully saturated rings. The van der Waals surface area contributed by atoms with E-state index in [2.05, 4.69) is 211 Å². The van der Waals surface area contributed by atoms with Crippen LogP contribution in [0.25, 0.3) is 38.6 Å². The van der Waals surface area contributed by atoms with Gasteiger partial charge < -0.3 is 19.1 Å². The molecule has 0 amide bonds. The van der Waals surface area contributed by atoms with Crippen LogP contribution in [-0.4, -0.2) is 4.57 Å². The maximum absolute atomic E-state index is 6.22. The van der Waals surface area contributed by atoms with Crippen LogP contribution >= 0.6 is 0 Å². The monoisotopic (exact) mass is 791 g/mol. The molecule has 1 aliphatic rings. The average molecular weight is 792 g/mol. The van der Waals surface area contributed by atoms with E-state index in [9.17, 15) is 0 Å². The van der Waals surface area contributed by atoms with Gasteiger partial charge in [-0.1, -0.05) is 128 Å².